The molecule has 1 heterocycles. The summed E-state index contributed by atoms with van der Waals surface area (Å²) in [5.41, 5.74) is 0.112. The highest BCUT2D eigenvalue weighted by Gasteiger charge is 2.31. The highest BCUT2D eigenvalue weighted by atomic mass is 16.5. The molecule has 0 radical (unpaired) electrons. The zero-order chi connectivity index (χ0) is 13.4. The molecule has 0 aromatic carbocycles. The molecule has 0 aliphatic carbocycles. The number of rotatable bonds is 8. The Balaban J connectivity index is 2.29. The third-order valence-corrected chi connectivity index (χ3v) is 4.58. The zero-order valence-electron chi connectivity index (χ0n) is 12.9. The molecule has 2 heteroatoms. The summed E-state index contributed by atoms with van der Waals surface area (Å²) in [6.45, 7) is 11.2. The van der Waals surface area contributed by atoms with Crippen LogP contribution < -0.4 is 5.32 Å². The molecule has 1 aliphatic rings. The van der Waals surface area contributed by atoms with E-state index in [2.05, 4.69) is 33.0 Å². The Labute approximate surface area is 114 Å². The van der Waals surface area contributed by atoms with E-state index < -0.39 is 0 Å². The van der Waals surface area contributed by atoms with Gasteiger partial charge in [0.25, 0.3) is 0 Å². The van der Waals surface area contributed by atoms with Crippen molar-refractivity contribution in [2.75, 3.05) is 13.2 Å². The lowest BCUT2D eigenvalue weighted by molar-refractivity contribution is -0.0782. The van der Waals surface area contributed by atoms with E-state index in [1.807, 2.05) is 0 Å². The lowest BCUT2D eigenvalue weighted by atomic mass is 9.89. The Morgan fingerprint density at radius 1 is 1.33 bits per heavy atom. The van der Waals surface area contributed by atoms with Crippen molar-refractivity contribution in [3.05, 3.63) is 0 Å². The highest BCUT2D eigenvalue weighted by Crippen LogP contribution is 2.27. The molecule has 1 aliphatic heterocycles. The van der Waals surface area contributed by atoms with Gasteiger partial charge in [-0.3, -0.25) is 0 Å². The third kappa shape index (κ3) is 5.27. The Kier molecular flexibility index (Phi) is 7.25. The quantitative estimate of drug-likeness (QED) is 0.704. The number of ether oxygens (including phenoxy) is 1. The van der Waals surface area contributed by atoms with Gasteiger partial charge in [-0.15, -0.1) is 0 Å². The Morgan fingerprint density at radius 3 is 2.72 bits per heavy atom. The van der Waals surface area contributed by atoms with E-state index in [1.165, 1.54) is 45.1 Å². The largest absolute Gasteiger partial charge is 0.375 e. The molecule has 18 heavy (non-hydrogen) atoms. The highest BCUT2D eigenvalue weighted by molar-refractivity contribution is 4.85. The molecule has 2 nitrogen and oxygen atoms in total. The van der Waals surface area contributed by atoms with Crippen molar-refractivity contribution in [3.63, 3.8) is 0 Å². The molecule has 108 valence electrons. The molecule has 1 fully saturated rings. The van der Waals surface area contributed by atoms with Crippen LogP contribution in [-0.2, 0) is 4.74 Å². The van der Waals surface area contributed by atoms with Crippen LogP contribution in [0.4, 0.5) is 0 Å². The van der Waals surface area contributed by atoms with Gasteiger partial charge < -0.3 is 10.1 Å². The van der Waals surface area contributed by atoms with Crippen LogP contribution in [0.1, 0.15) is 72.6 Å². The fourth-order valence-corrected chi connectivity index (χ4v) is 2.83. The monoisotopic (exact) mass is 255 g/mol. The van der Waals surface area contributed by atoms with Crippen molar-refractivity contribution in [2.45, 2.75) is 84.3 Å². The molecule has 0 bridgehead atoms. The summed E-state index contributed by atoms with van der Waals surface area (Å²) >= 11 is 0. The fourth-order valence-electron chi connectivity index (χ4n) is 2.83. The maximum Gasteiger partial charge on any atom is 0.0666 e. The van der Waals surface area contributed by atoms with Gasteiger partial charge in [-0.25, -0.2) is 0 Å². The standard InChI is InChI=1S/C16H33NO/c1-5-8-9-14(6-2)13-17-15-10-11-18-16(4,7-3)12-15/h14-15,17H,5-13H2,1-4H3. The smallest absolute Gasteiger partial charge is 0.0666 e. The van der Waals surface area contributed by atoms with Crippen LogP contribution in [0.15, 0.2) is 0 Å². The van der Waals surface area contributed by atoms with Gasteiger partial charge in [0, 0.05) is 12.6 Å². The molecule has 0 amide bonds. The van der Waals surface area contributed by atoms with E-state index >= 15 is 0 Å². The average molecular weight is 255 g/mol. The average Bonchev–Trinajstić information content (AvgIpc) is 2.39. The van der Waals surface area contributed by atoms with Crippen molar-refractivity contribution in [2.24, 2.45) is 5.92 Å². The van der Waals surface area contributed by atoms with E-state index in [-0.39, 0.29) is 5.60 Å². The van der Waals surface area contributed by atoms with Gasteiger partial charge in [-0.1, -0.05) is 40.0 Å². The van der Waals surface area contributed by atoms with Gasteiger partial charge >= 0.3 is 0 Å². The summed E-state index contributed by atoms with van der Waals surface area (Å²) in [5.74, 6) is 0.862. The van der Waals surface area contributed by atoms with Crippen molar-refractivity contribution in [3.8, 4) is 0 Å². The van der Waals surface area contributed by atoms with E-state index in [0.29, 0.717) is 6.04 Å². The predicted octanol–water partition coefficient (Wildman–Crippen LogP) is 4.14. The normalized spacial score (nSPS) is 30.3. The SMILES string of the molecule is CCCCC(CC)CNC1CCOC(C)(CC)C1. The maximum absolute atomic E-state index is 5.90. The van der Waals surface area contributed by atoms with Crippen LogP contribution in [0.2, 0.25) is 0 Å². The first-order valence-corrected chi connectivity index (χ1v) is 8.00. The van der Waals surface area contributed by atoms with Gasteiger partial charge in [0.05, 0.1) is 5.60 Å². The van der Waals surface area contributed by atoms with Crippen LogP contribution in [0.3, 0.4) is 0 Å². The van der Waals surface area contributed by atoms with Crippen molar-refractivity contribution < 1.29 is 4.74 Å². The minimum atomic E-state index is 0.112. The summed E-state index contributed by atoms with van der Waals surface area (Å²) in [6, 6.07) is 0.666. The minimum absolute atomic E-state index is 0.112. The summed E-state index contributed by atoms with van der Waals surface area (Å²) in [6.07, 6.45) is 8.86. The van der Waals surface area contributed by atoms with Gasteiger partial charge in [-0.05, 0) is 45.1 Å². The molecule has 0 spiro atoms. The predicted molar refractivity (Wildman–Crippen MR) is 79.0 cm³/mol. The molecule has 1 N–H and O–H groups in total. The molecule has 1 saturated heterocycles. The number of hydrogen-bond donors (Lipinski definition) is 1. The summed E-state index contributed by atoms with van der Waals surface area (Å²) < 4.78 is 5.90. The van der Waals surface area contributed by atoms with Crippen molar-refractivity contribution >= 4 is 0 Å². The van der Waals surface area contributed by atoms with Gasteiger partial charge in [0.2, 0.25) is 0 Å². The Morgan fingerprint density at radius 2 is 2.11 bits per heavy atom. The maximum atomic E-state index is 5.90. The molecule has 1 rings (SSSR count). The second kappa shape index (κ2) is 8.16. The zero-order valence-corrected chi connectivity index (χ0v) is 12.9. The summed E-state index contributed by atoms with van der Waals surface area (Å²) in [4.78, 5) is 0. The Hall–Kier alpha value is -0.0800. The number of unbranched alkanes of at least 4 members (excludes halogenated alkanes) is 1. The molecule has 0 aromatic heterocycles. The van der Waals surface area contributed by atoms with E-state index in [1.54, 1.807) is 0 Å². The van der Waals surface area contributed by atoms with Crippen LogP contribution in [-0.4, -0.2) is 24.8 Å². The molecule has 3 atom stereocenters. The van der Waals surface area contributed by atoms with Crippen LogP contribution in [0, 0.1) is 5.92 Å². The first kappa shape index (κ1) is 16.0. The van der Waals surface area contributed by atoms with E-state index in [4.69, 9.17) is 4.74 Å². The van der Waals surface area contributed by atoms with Crippen molar-refractivity contribution in [1.29, 1.82) is 0 Å². The van der Waals surface area contributed by atoms with Gasteiger partial charge in [0.1, 0.15) is 0 Å². The third-order valence-electron chi connectivity index (χ3n) is 4.58. The van der Waals surface area contributed by atoms with Crippen LogP contribution >= 0.6 is 0 Å². The van der Waals surface area contributed by atoms with Crippen molar-refractivity contribution in [1.82, 2.24) is 5.32 Å². The molecular weight excluding hydrogens is 222 g/mol. The second-order valence-corrected chi connectivity index (χ2v) is 6.17. The van der Waals surface area contributed by atoms with E-state index in [9.17, 15) is 0 Å². The molecule has 0 aromatic rings. The minimum Gasteiger partial charge on any atom is -0.375 e. The van der Waals surface area contributed by atoms with E-state index in [0.717, 1.165) is 18.9 Å². The summed E-state index contributed by atoms with van der Waals surface area (Å²) in [5, 5.41) is 3.79. The molecule has 0 saturated carbocycles. The fraction of sp³-hybridized carbons (Fsp3) is 1.00. The lowest BCUT2D eigenvalue weighted by Gasteiger charge is -2.38. The Bertz CT molecular complexity index is 219. The number of hydrogen-bond acceptors (Lipinski definition) is 2. The van der Waals surface area contributed by atoms with Crippen LogP contribution in [0.5, 0.6) is 0 Å². The first-order valence-electron chi connectivity index (χ1n) is 8.00. The second-order valence-electron chi connectivity index (χ2n) is 6.17. The lowest BCUT2D eigenvalue weighted by Crippen LogP contribution is -2.46. The van der Waals surface area contributed by atoms with Gasteiger partial charge in [-0.2, -0.15) is 0 Å². The topological polar surface area (TPSA) is 21.3 Å². The summed E-state index contributed by atoms with van der Waals surface area (Å²) in [7, 11) is 0. The molecule has 3 unspecified atom stereocenters. The first-order chi connectivity index (χ1) is 8.63. The number of nitrogens with one attached hydrogen (secondary N) is 1. The van der Waals surface area contributed by atoms with Gasteiger partial charge in [0.15, 0.2) is 0 Å². The molecular formula is C16H33NO. The van der Waals surface area contributed by atoms with Crippen LogP contribution in [0.25, 0.3) is 0 Å².